The Kier molecular flexibility index (Phi) is 4.11. The number of rotatable bonds is 3. The van der Waals surface area contributed by atoms with Crippen molar-refractivity contribution >= 4 is 17.6 Å². The quantitative estimate of drug-likeness (QED) is 0.886. The van der Waals surface area contributed by atoms with Crippen LogP contribution in [0.2, 0.25) is 0 Å². The normalized spacial score (nSPS) is 16.1. The van der Waals surface area contributed by atoms with E-state index in [1.165, 1.54) is 17.2 Å². The molecule has 0 bridgehead atoms. The van der Waals surface area contributed by atoms with Crippen molar-refractivity contribution in [2.45, 2.75) is 12.8 Å². The lowest BCUT2D eigenvalue weighted by atomic mass is 9.99. The van der Waals surface area contributed by atoms with E-state index in [1.54, 1.807) is 13.1 Å². The van der Waals surface area contributed by atoms with Gasteiger partial charge in [-0.25, -0.2) is 9.78 Å². The summed E-state index contributed by atoms with van der Waals surface area (Å²) in [6.07, 6.45) is 2.86. The van der Waals surface area contributed by atoms with Crippen molar-refractivity contribution in [3.8, 4) is 0 Å². The number of aromatic nitrogens is 1. The summed E-state index contributed by atoms with van der Waals surface area (Å²) >= 11 is 0. The van der Waals surface area contributed by atoms with Crippen LogP contribution in [0.5, 0.6) is 0 Å². The van der Waals surface area contributed by atoms with Gasteiger partial charge in [0, 0.05) is 26.2 Å². The molecule has 1 aromatic heterocycles. The Hall–Kier alpha value is -1.95. The molecular formula is C13H16N2O4. The van der Waals surface area contributed by atoms with Crippen LogP contribution in [0.1, 0.15) is 23.3 Å². The number of anilines is 1. The maximum Gasteiger partial charge on any atom is 0.354 e. The molecule has 1 amide bonds. The number of pyridine rings is 1. The first kappa shape index (κ1) is 13.5. The number of hydrogen-bond donors (Lipinski definition) is 1. The second-order valence-corrected chi connectivity index (χ2v) is 4.49. The summed E-state index contributed by atoms with van der Waals surface area (Å²) in [6.45, 7) is 1.22. The van der Waals surface area contributed by atoms with Gasteiger partial charge >= 0.3 is 5.97 Å². The predicted molar refractivity (Wildman–Crippen MR) is 68.1 cm³/mol. The van der Waals surface area contributed by atoms with Crippen molar-refractivity contribution in [2.24, 2.45) is 5.92 Å². The molecule has 1 aromatic rings. The summed E-state index contributed by atoms with van der Waals surface area (Å²) in [4.78, 5) is 28.3. The minimum atomic E-state index is -1.08. The maximum atomic E-state index is 12.2. The largest absolute Gasteiger partial charge is 0.477 e. The van der Waals surface area contributed by atoms with Crippen LogP contribution < -0.4 is 4.90 Å². The summed E-state index contributed by atoms with van der Waals surface area (Å²) in [5.41, 5.74) is 0.567. The van der Waals surface area contributed by atoms with E-state index in [2.05, 4.69) is 4.98 Å². The molecule has 1 aliphatic heterocycles. The zero-order chi connectivity index (χ0) is 13.8. The molecule has 1 saturated heterocycles. The predicted octanol–water partition coefficient (Wildman–Crippen LogP) is 1.17. The highest BCUT2D eigenvalue weighted by molar-refractivity contribution is 5.94. The lowest BCUT2D eigenvalue weighted by molar-refractivity contribution is -0.124. The highest BCUT2D eigenvalue weighted by Gasteiger charge is 2.25. The Morgan fingerprint density at radius 3 is 2.58 bits per heavy atom. The third kappa shape index (κ3) is 3.08. The van der Waals surface area contributed by atoms with E-state index in [0.29, 0.717) is 18.9 Å². The number of aromatic carboxylic acids is 1. The molecule has 0 spiro atoms. The molecule has 0 radical (unpaired) electrons. The van der Waals surface area contributed by atoms with E-state index in [0.717, 1.165) is 12.8 Å². The first-order valence-corrected chi connectivity index (χ1v) is 6.14. The van der Waals surface area contributed by atoms with Crippen molar-refractivity contribution < 1.29 is 19.4 Å². The van der Waals surface area contributed by atoms with Crippen molar-refractivity contribution in [3.63, 3.8) is 0 Å². The van der Waals surface area contributed by atoms with Crippen LogP contribution in [0.4, 0.5) is 5.69 Å². The van der Waals surface area contributed by atoms with Crippen LogP contribution in [-0.4, -0.2) is 42.2 Å². The number of hydrogen-bond acceptors (Lipinski definition) is 4. The van der Waals surface area contributed by atoms with Gasteiger partial charge in [0.25, 0.3) is 0 Å². The number of carbonyl (C=O) groups excluding carboxylic acids is 1. The van der Waals surface area contributed by atoms with Crippen molar-refractivity contribution in [3.05, 3.63) is 24.0 Å². The van der Waals surface area contributed by atoms with Gasteiger partial charge in [-0.05, 0) is 25.0 Å². The van der Waals surface area contributed by atoms with Crippen LogP contribution >= 0.6 is 0 Å². The fraction of sp³-hybridized carbons (Fsp3) is 0.462. The molecular weight excluding hydrogens is 248 g/mol. The van der Waals surface area contributed by atoms with Crippen LogP contribution in [0.15, 0.2) is 18.3 Å². The maximum absolute atomic E-state index is 12.2. The molecule has 6 nitrogen and oxygen atoms in total. The zero-order valence-electron chi connectivity index (χ0n) is 10.7. The van der Waals surface area contributed by atoms with E-state index in [9.17, 15) is 9.59 Å². The Labute approximate surface area is 111 Å². The smallest absolute Gasteiger partial charge is 0.354 e. The van der Waals surface area contributed by atoms with Gasteiger partial charge in [-0.1, -0.05) is 0 Å². The third-order valence-electron chi connectivity index (χ3n) is 3.26. The van der Waals surface area contributed by atoms with E-state index in [-0.39, 0.29) is 17.5 Å². The lowest BCUT2D eigenvalue weighted by Gasteiger charge is -2.26. The molecule has 0 saturated carbocycles. The molecule has 0 aliphatic carbocycles. The highest BCUT2D eigenvalue weighted by atomic mass is 16.5. The van der Waals surface area contributed by atoms with Crippen molar-refractivity contribution in [1.82, 2.24) is 4.98 Å². The molecule has 0 atom stereocenters. The topological polar surface area (TPSA) is 79.7 Å². The van der Waals surface area contributed by atoms with Gasteiger partial charge < -0.3 is 14.7 Å². The third-order valence-corrected chi connectivity index (χ3v) is 3.26. The Balaban J connectivity index is 2.07. The van der Waals surface area contributed by atoms with E-state index < -0.39 is 5.97 Å². The zero-order valence-corrected chi connectivity index (χ0v) is 10.7. The van der Waals surface area contributed by atoms with E-state index in [1.807, 2.05) is 0 Å². The number of nitrogens with zero attached hydrogens (tertiary/aromatic N) is 2. The first-order chi connectivity index (χ1) is 9.09. The molecule has 2 heterocycles. The van der Waals surface area contributed by atoms with E-state index in [4.69, 9.17) is 9.84 Å². The molecule has 1 fully saturated rings. The van der Waals surface area contributed by atoms with Gasteiger partial charge in [-0.15, -0.1) is 0 Å². The van der Waals surface area contributed by atoms with Crippen LogP contribution in [0.3, 0.4) is 0 Å². The molecule has 1 aliphatic rings. The Morgan fingerprint density at radius 2 is 2.05 bits per heavy atom. The van der Waals surface area contributed by atoms with Crippen LogP contribution in [0, 0.1) is 5.92 Å². The van der Waals surface area contributed by atoms with Crippen molar-refractivity contribution in [2.75, 3.05) is 25.2 Å². The molecule has 6 heteroatoms. The first-order valence-electron chi connectivity index (χ1n) is 6.14. The summed E-state index contributed by atoms with van der Waals surface area (Å²) in [5, 5.41) is 8.77. The van der Waals surface area contributed by atoms with Gasteiger partial charge in [0.15, 0.2) is 0 Å². The van der Waals surface area contributed by atoms with Gasteiger partial charge in [0.05, 0.1) is 11.9 Å². The van der Waals surface area contributed by atoms with Crippen molar-refractivity contribution in [1.29, 1.82) is 0 Å². The summed E-state index contributed by atoms with van der Waals surface area (Å²) in [7, 11) is 1.68. The van der Waals surface area contributed by atoms with E-state index >= 15 is 0 Å². The second-order valence-electron chi connectivity index (χ2n) is 4.49. The number of amides is 1. The molecule has 2 rings (SSSR count). The monoisotopic (exact) mass is 264 g/mol. The van der Waals surface area contributed by atoms with Crippen LogP contribution in [0.25, 0.3) is 0 Å². The second kappa shape index (κ2) is 5.79. The summed E-state index contributed by atoms with van der Waals surface area (Å²) in [5.74, 6) is -1.09. The number of ether oxygens (including phenoxy) is 1. The minimum Gasteiger partial charge on any atom is -0.477 e. The Morgan fingerprint density at radius 1 is 1.37 bits per heavy atom. The van der Waals surface area contributed by atoms with Gasteiger partial charge in [-0.3, -0.25) is 4.79 Å². The number of carboxylic acid groups (broad SMARTS) is 1. The molecule has 0 unspecified atom stereocenters. The fourth-order valence-corrected chi connectivity index (χ4v) is 2.06. The SMILES string of the molecule is CN(C(=O)C1CCOCC1)c1ccc(C(=O)O)nc1. The fourth-order valence-electron chi connectivity index (χ4n) is 2.06. The van der Waals surface area contributed by atoms with Gasteiger partial charge in [0.2, 0.25) is 5.91 Å². The van der Waals surface area contributed by atoms with Gasteiger partial charge in [0.1, 0.15) is 5.69 Å². The standard InChI is InChI=1S/C13H16N2O4/c1-15(12(16)9-4-6-19-7-5-9)10-2-3-11(13(17)18)14-8-10/h2-3,8-9H,4-7H2,1H3,(H,17,18). The average molecular weight is 264 g/mol. The number of carbonyl (C=O) groups is 2. The molecule has 19 heavy (non-hydrogen) atoms. The average Bonchev–Trinajstić information content (AvgIpc) is 2.46. The number of carboxylic acids is 1. The molecule has 102 valence electrons. The van der Waals surface area contributed by atoms with Gasteiger partial charge in [-0.2, -0.15) is 0 Å². The summed E-state index contributed by atoms with van der Waals surface area (Å²) in [6, 6.07) is 2.99. The molecule has 1 N–H and O–H groups in total. The Bertz CT molecular complexity index is 466. The highest BCUT2D eigenvalue weighted by Crippen LogP contribution is 2.20. The van der Waals surface area contributed by atoms with Crippen LogP contribution in [-0.2, 0) is 9.53 Å². The molecule has 0 aromatic carbocycles. The summed E-state index contributed by atoms with van der Waals surface area (Å²) < 4.78 is 5.23. The minimum absolute atomic E-state index is 0.0215. The lowest BCUT2D eigenvalue weighted by Crippen LogP contribution is -2.36.